The second kappa shape index (κ2) is 10.9. The molecule has 0 aromatic heterocycles. The molecule has 51 heavy (non-hydrogen) atoms. The van der Waals surface area contributed by atoms with E-state index in [-0.39, 0.29) is 47.7 Å². The fraction of sp³-hybridized carbons (Fsp3) is 0.571. The van der Waals surface area contributed by atoms with Gasteiger partial charge in [0.1, 0.15) is 11.8 Å². The van der Waals surface area contributed by atoms with Crippen molar-refractivity contribution in [2.45, 2.75) is 80.6 Å². The predicted molar refractivity (Wildman–Crippen MR) is 195 cm³/mol. The van der Waals surface area contributed by atoms with Gasteiger partial charge >= 0.3 is 11.9 Å². The number of para-hydroxylation sites is 1. The van der Waals surface area contributed by atoms with E-state index in [0.717, 1.165) is 74.6 Å². The first-order valence-corrected chi connectivity index (χ1v) is 19.1. The zero-order valence-corrected chi connectivity index (χ0v) is 30.7. The molecule has 7 heterocycles. The Labute approximate surface area is 301 Å². The van der Waals surface area contributed by atoms with Crippen LogP contribution in [0.15, 0.2) is 59.7 Å². The minimum Gasteiger partial charge on any atom is -0.496 e. The third-order valence-corrected chi connectivity index (χ3v) is 15.3. The van der Waals surface area contributed by atoms with Crippen LogP contribution in [0.5, 0.6) is 5.75 Å². The summed E-state index contributed by atoms with van der Waals surface area (Å²) >= 11 is 0. The van der Waals surface area contributed by atoms with Crippen molar-refractivity contribution in [2.24, 2.45) is 17.8 Å². The van der Waals surface area contributed by atoms with E-state index in [1.807, 2.05) is 0 Å². The third-order valence-electron chi connectivity index (χ3n) is 15.3. The van der Waals surface area contributed by atoms with Crippen molar-refractivity contribution in [3.05, 3.63) is 76.4 Å². The lowest BCUT2D eigenvalue weighted by molar-refractivity contribution is -0.158. The smallest absolute Gasteiger partial charge is 0.329 e. The first-order chi connectivity index (χ1) is 24.8. The van der Waals surface area contributed by atoms with Crippen molar-refractivity contribution in [2.75, 3.05) is 64.4 Å². The normalized spacial score (nSPS) is 39.9. The number of benzene rings is 2. The van der Waals surface area contributed by atoms with Gasteiger partial charge in [-0.3, -0.25) is 14.6 Å². The molecule has 8 aliphatic rings. The molecule has 7 aliphatic heterocycles. The van der Waals surface area contributed by atoms with Crippen LogP contribution in [0.1, 0.15) is 62.1 Å². The van der Waals surface area contributed by atoms with Gasteiger partial charge in [0.2, 0.25) is 0 Å². The summed E-state index contributed by atoms with van der Waals surface area (Å²) < 4.78 is 18.0. The van der Waals surface area contributed by atoms with E-state index in [2.05, 4.69) is 89.0 Å². The highest BCUT2D eigenvalue weighted by Crippen LogP contribution is 2.69. The summed E-state index contributed by atoms with van der Waals surface area (Å²) in [6.07, 6.45) is 8.22. The number of allylic oxidation sites excluding steroid dienone is 2. The number of hydrogen-bond donors (Lipinski definition) is 0. The second-order valence-electron chi connectivity index (χ2n) is 16.4. The maximum atomic E-state index is 14.3. The van der Waals surface area contributed by atoms with Gasteiger partial charge in [-0.1, -0.05) is 41.5 Å². The average molecular weight is 691 g/mol. The molecule has 0 radical (unpaired) electrons. The van der Waals surface area contributed by atoms with Crippen molar-refractivity contribution in [3.8, 4) is 5.75 Å². The Bertz CT molecular complexity index is 1920. The summed E-state index contributed by atoms with van der Waals surface area (Å²) in [5.74, 6) is 0.682. The Kier molecular flexibility index (Phi) is 6.79. The van der Waals surface area contributed by atoms with Gasteiger partial charge in [-0.2, -0.15) is 0 Å². The molecule has 2 aromatic rings. The van der Waals surface area contributed by atoms with Crippen LogP contribution in [0.3, 0.4) is 0 Å². The Morgan fingerprint density at radius 1 is 0.863 bits per heavy atom. The van der Waals surface area contributed by atoms with Gasteiger partial charge in [0.15, 0.2) is 0 Å². The summed E-state index contributed by atoms with van der Waals surface area (Å²) in [5.41, 5.74) is 7.72. The van der Waals surface area contributed by atoms with Crippen molar-refractivity contribution < 1.29 is 23.8 Å². The van der Waals surface area contributed by atoms with Gasteiger partial charge in [0.05, 0.1) is 38.8 Å². The molecule has 2 aromatic carbocycles. The SMILES string of the molecule is CC=C1CN2CC[C@@]34c5cc([C@]67[C@@H]8CCN9CC(=CC)[C@H](C[C@H]96)[C@@H](C(=O)OC)N7c6ccccc68)c(OC)cc5N(C)[C@H]3[C@@H]2C[C@H]1[C@H]4C(=O)OC. The summed E-state index contributed by atoms with van der Waals surface area (Å²) in [5, 5.41) is 0. The molecule has 1 saturated carbocycles. The van der Waals surface area contributed by atoms with Crippen molar-refractivity contribution in [1.82, 2.24) is 9.80 Å². The summed E-state index contributed by atoms with van der Waals surface area (Å²) in [6.45, 7) is 7.99. The van der Waals surface area contributed by atoms with Gasteiger partial charge < -0.3 is 24.0 Å². The zero-order chi connectivity index (χ0) is 35.1. The van der Waals surface area contributed by atoms with Crippen LogP contribution in [-0.4, -0.2) is 100 Å². The molecule has 0 N–H and O–H groups in total. The van der Waals surface area contributed by atoms with Gasteiger partial charge in [-0.15, -0.1) is 0 Å². The average Bonchev–Trinajstić information content (AvgIpc) is 3.60. The van der Waals surface area contributed by atoms with Crippen molar-refractivity contribution in [3.63, 3.8) is 0 Å². The molecule has 10 rings (SSSR count). The first kappa shape index (κ1) is 31.9. The molecule has 9 heteroatoms. The number of hydrogen-bond acceptors (Lipinski definition) is 9. The van der Waals surface area contributed by atoms with Crippen LogP contribution < -0.4 is 14.5 Å². The van der Waals surface area contributed by atoms with Gasteiger partial charge in [0, 0.05) is 72.5 Å². The number of likely N-dealkylation sites (N-methyl/N-ethyl adjacent to an activating group) is 1. The molecule has 6 fully saturated rings. The number of nitrogens with zero attached hydrogens (tertiary/aromatic N) is 4. The van der Waals surface area contributed by atoms with E-state index in [1.165, 1.54) is 29.4 Å². The molecule has 5 saturated heterocycles. The molecule has 0 unspecified atom stereocenters. The fourth-order valence-corrected chi connectivity index (χ4v) is 13.7. The number of esters is 2. The molecular weight excluding hydrogens is 640 g/mol. The second-order valence-corrected chi connectivity index (χ2v) is 16.4. The molecular formula is C42H50N4O5. The van der Waals surface area contributed by atoms with Crippen LogP contribution in [0.25, 0.3) is 0 Å². The Balaban J connectivity index is 1.27. The van der Waals surface area contributed by atoms with Crippen LogP contribution in [0.4, 0.5) is 11.4 Å². The minimum atomic E-state index is -0.565. The Morgan fingerprint density at radius 3 is 2.35 bits per heavy atom. The van der Waals surface area contributed by atoms with Gasteiger partial charge in [-0.05, 0) is 81.8 Å². The van der Waals surface area contributed by atoms with Crippen LogP contribution >= 0.6 is 0 Å². The highest BCUT2D eigenvalue weighted by Gasteiger charge is 2.72. The summed E-state index contributed by atoms with van der Waals surface area (Å²) in [4.78, 5) is 38.9. The van der Waals surface area contributed by atoms with Crippen LogP contribution in [0.2, 0.25) is 0 Å². The Morgan fingerprint density at radius 2 is 1.61 bits per heavy atom. The van der Waals surface area contributed by atoms with Crippen LogP contribution in [0, 0.1) is 17.8 Å². The quantitative estimate of drug-likeness (QED) is 0.326. The third kappa shape index (κ3) is 3.60. The molecule has 9 nitrogen and oxygen atoms in total. The fourth-order valence-electron chi connectivity index (χ4n) is 13.7. The molecule has 0 spiro atoms. The number of anilines is 2. The Hall–Kier alpha value is -3.82. The monoisotopic (exact) mass is 690 g/mol. The minimum absolute atomic E-state index is 0.0567. The summed E-state index contributed by atoms with van der Waals surface area (Å²) in [6, 6.07) is 13.7. The molecule has 0 amide bonds. The lowest BCUT2D eigenvalue weighted by atomic mass is 9.49. The number of methoxy groups -OCH3 is 3. The number of carbonyl (C=O) groups is 2. The summed E-state index contributed by atoms with van der Waals surface area (Å²) in [7, 11) is 7.14. The van der Waals surface area contributed by atoms with Crippen LogP contribution in [-0.2, 0) is 30.0 Å². The number of piperidine rings is 5. The number of fused-ring (bicyclic) bond motifs is 6. The maximum Gasteiger partial charge on any atom is 0.329 e. The number of rotatable bonds is 4. The standard InChI is InChI=1S/C42H50N4O5/c1-7-23-21-44-16-14-41-29-19-30(34(49-4)20-32(29)43(3)38(41)33(44)17-26(23)36(41)39(47)50-5)42-28-13-15-45-22-24(8-2)27(18-35(42)45)37(40(48)51-6)46(42)31-12-10-9-11-25(28)31/h7-12,19-20,26-28,33,35-38H,13-18,21-22H2,1-6H3/t26-,27+,28-,33+,35+,36+,37+,38+,41+,42-/m1/s1. The highest BCUT2D eigenvalue weighted by molar-refractivity contribution is 5.87. The van der Waals surface area contributed by atoms with E-state index in [4.69, 9.17) is 14.2 Å². The highest BCUT2D eigenvalue weighted by atomic mass is 16.5. The van der Waals surface area contributed by atoms with Gasteiger partial charge in [0.25, 0.3) is 0 Å². The van der Waals surface area contributed by atoms with Crippen molar-refractivity contribution >= 4 is 23.3 Å². The van der Waals surface area contributed by atoms with E-state index in [9.17, 15) is 9.59 Å². The van der Waals surface area contributed by atoms with Crippen molar-refractivity contribution in [1.29, 1.82) is 0 Å². The number of carbonyl (C=O) groups excluding carboxylic acids is 2. The largest absolute Gasteiger partial charge is 0.496 e. The van der Waals surface area contributed by atoms with E-state index < -0.39 is 17.0 Å². The topological polar surface area (TPSA) is 74.8 Å². The molecule has 5 bridgehead atoms. The first-order valence-electron chi connectivity index (χ1n) is 19.1. The van der Waals surface area contributed by atoms with Gasteiger partial charge in [-0.25, -0.2) is 4.79 Å². The number of ether oxygens (including phenoxy) is 3. The maximum absolute atomic E-state index is 14.3. The van der Waals surface area contributed by atoms with E-state index in [0.29, 0.717) is 6.04 Å². The predicted octanol–water partition coefficient (Wildman–Crippen LogP) is 4.99. The molecule has 10 atom stereocenters. The lowest BCUT2D eigenvalue weighted by Crippen LogP contribution is -2.74. The van der Waals surface area contributed by atoms with E-state index >= 15 is 0 Å². The van der Waals surface area contributed by atoms with E-state index in [1.54, 1.807) is 14.2 Å². The lowest BCUT2D eigenvalue weighted by Gasteiger charge is -2.65. The zero-order valence-electron chi connectivity index (χ0n) is 30.7. The molecule has 268 valence electrons. The molecule has 1 aliphatic carbocycles.